The van der Waals surface area contributed by atoms with Gasteiger partial charge in [0.15, 0.2) is 0 Å². The lowest BCUT2D eigenvalue weighted by Gasteiger charge is -2.30. The number of piperidine rings is 1. The highest BCUT2D eigenvalue weighted by Gasteiger charge is 2.27. The Bertz CT molecular complexity index is 1080. The topological polar surface area (TPSA) is 88.3 Å². The van der Waals surface area contributed by atoms with Crippen molar-refractivity contribution in [1.29, 1.82) is 0 Å². The largest absolute Gasteiger partial charge is 0.347 e. The summed E-state index contributed by atoms with van der Waals surface area (Å²) in [7, 11) is 0. The van der Waals surface area contributed by atoms with Gasteiger partial charge in [-0.2, -0.15) is 4.98 Å². The van der Waals surface area contributed by atoms with Crippen LogP contribution in [-0.2, 0) is 16.0 Å². The van der Waals surface area contributed by atoms with Crippen LogP contribution in [0, 0.1) is 5.82 Å². The molecule has 2 aromatic carbocycles. The summed E-state index contributed by atoms with van der Waals surface area (Å²) in [6.45, 7) is 1.06. The van der Waals surface area contributed by atoms with Crippen LogP contribution in [0.4, 0.5) is 4.39 Å². The zero-order valence-electron chi connectivity index (χ0n) is 17.3. The van der Waals surface area contributed by atoms with E-state index in [9.17, 15) is 14.0 Å². The third-order valence-corrected chi connectivity index (χ3v) is 5.71. The Morgan fingerprint density at radius 1 is 1.09 bits per heavy atom. The van der Waals surface area contributed by atoms with Gasteiger partial charge in [0.25, 0.3) is 0 Å². The van der Waals surface area contributed by atoms with E-state index in [-0.39, 0.29) is 36.5 Å². The number of amides is 2. The van der Waals surface area contributed by atoms with E-state index in [0.717, 1.165) is 5.56 Å². The molecule has 1 aromatic heterocycles. The van der Waals surface area contributed by atoms with Gasteiger partial charge >= 0.3 is 0 Å². The van der Waals surface area contributed by atoms with Gasteiger partial charge in [-0.3, -0.25) is 9.59 Å². The maximum absolute atomic E-state index is 13.1. The van der Waals surface area contributed by atoms with Crippen LogP contribution in [0.3, 0.4) is 0 Å². The monoisotopic (exact) mass is 456 g/mol. The molecule has 2 heterocycles. The van der Waals surface area contributed by atoms with Crippen LogP contribution in [0.25, 0.3) is 11.4 Å². The number of carbonyl (C=O) groups is 2. The first-order valence-electron chi connectivity index (χ1n) is 10.4. The van der Waals surface area contributed by atoms with Gasteiger partial charge in [0.1, 0.15) is 5.82 Å². The fraction of sp³-hybridized carbons (Fsp3) is 0.304. The molecule has 32 heavy (non-hydrogen) atoms. The molecule has 1 N–H and O–H groups in total. The maximum Gasteiger partial charge on any atom is 0.241 e. The molecule has 2 amide bonds. The van der Waals surface area contributed by atoms with Crippen LogP contribution in [0.15, 0.2) is 53.1 Å². The second kappa shape index (κ2) is 9.91. The average Bonchev–Trinajstić information content (AvgIpc) is 3.30. The van der Waals surface area contributed by atoms with Crippen molar-refractivity contribution >= 4 is 23.4 Å². The van der Waals surface area contributed by atoms with E-state index in [1.165, 1.54) is 12.1 Å². The highest BCUT2D eigenvalue weighted by Crippen LogP contribution is 2.28. The molecule has 0 aliphatic carbocycles. The minimum absolute atomic E-state index is 0.0354. The van der Waals surface area contributed by atoms with Crippen LogP contribution < -0.4 is 5.32 Å². The van der Waals surface area contributed by atoms with E-state index in [1.807, 2.05) is 0 Å². The smallest absolute Gasteiger partial charge is 0.241 e. The van der Waals surface area contributed by atoms with Gasteiger partial charge < -0.3 is 14.7 Å². The Hall–Kier alpha value is -3.26. The fourth-order valence-electron chi connectivity index (χ4n) is 3.63. The molecule has 1 fully saturated rings. The number of benzene rings is 2. The molecule has 1 saturated heterocycles. The molecule has 9 heteroatoms. The Labute approximate surface area is 189 Å². The van der Waals surface area contributed by atoms with Crippen LogP contribution >= 0.6 is 11.6 Å². The normalized spacial score (nSPS) is 14.4. The highest BCUT2D eigenvalue weighted by molar-refractivity contribution is 6.30. The molecule has 166 valence electrons. The number of hydrogen-bond acceptors (Lipinski definition) is 5. The molecule has 0 spiro atoms. The van der Waals surface area contributed by atoms with Crippen molar-refractivity contribution in [3.8, 4) is 11.4 Å². The van der Waals surface area contributed by atoms with Crippen molar-refractivity contribution in [2.45, 2.75) is 25.2 Å². The maximum atomic E-state index is 13.1. The fourth-order valence-corrected chi connectivity index (χ4v) is 3.76. The molecule has 1 aliphatic heterocycles. The quantitative estimate of drug-likeness (QED) is 0.612. The van der Waals surface area contributed by atoms with Crippen LogP contribution in [0.2, 0.25) is 5.02 Å². The third kappa shape index (κ3) is 5.50. The van der Waals surface area contributed by atoms with Crippen molar-refractivity contribution in [3.63, 3.8) is 0 Å². The van der Waals surface area contributed by atoms with E-state index >= 15 is 0 Å². The summed E-state index contributed by atoms with van der Waals surface area (Å²) in [5.41, 5.74) is 1.52. The summed E-state index contributed by atoms with van der Waals surface area (Å²) in [5.74, 6) is 0.339. The minimum atomic E-state index is -0.323. The number of hydrogen-bond donors (Lipinski definition) is 1. The molecule has 0 bridgehead atoms. The van der Waals surface area contributed by atoms with E-state index < -0.39 is 0 Å². The number of halogens is 2. The molecule has 0 atom stereocenters. The Kier molecular flexibility index (Phi) is 6.80. The summed E-state index contributed by atoms with van der Waals surface area (Å²) in [4.78, 5) is 30.7. The zero-order chi connectivity index (χ0) is 22.5. The Morgan fingerprint density at radius 3 is 2.47 bits per heavy atom. The summed E-state index contributed by atoms with van der Waals surface area (Å²) in [5, 5.41) is 7.28. The van der Waals surface area contributed by atoms with Crippen molar-refractivity contribution in [3.05, 3.63) is 70.8 Å². The molecule has 7 nitrogen and oxygen atoms in total. The molecule has 0 radical (unpaired) electrons. The van der Waals surface area contributed by atoms with Crippen molar-refractivity contribution in [1.82, 2.24) is 20.4 Å². The number of rotatable bonds is 6. The molecule has 3 aromatic rings. The van der Waals surface area contributed by atoms with Crippen molar-refractivity contribution < 1.29 is 18.5 Å². The predicted molar refractivity (Wildman–Crippen MR) is 116 cm³/mol. The molecule has 1 aliphatic rings. The number of nitrogens with one attached hydrogen (secondary N) is 1. The van der Waals surface area contributed by atoms with Crippen LogP contribution in [-0.4, -0.2) is 46.5 Å². The first-order valence-corrected chi connectivity index (χ1v) is 10.7. The summed E-state index contributed by atoms with van der Waals surface area (Å²) < 4.78 is 18.5. The lowest BCUT2D eigenvalue weighted by molar-refractivity contribution is -0.133. The standard InChI is InChI=1S/C23H22ClFN4O3/c24-18-5-1-15(2-6-18)13-20(30)26-14-21(31)29-11-9-17(10-12-29)23-27-22(28-32-23)16-3-7-19(25)8-4-16/h1-8,17H,9-14H2,(H,26,30). The van der Waals surface area contributed by atoms with E-state index in [0.29, 0.717) is 48.2 Å². The van der Waals surface area contributed by atoms with Gasteiger partial charge in [-0.15, -0.1) is 0 Å². The van der Waals surface area contributed by atoms with Gasteiger partial charge in [0, 0.05) is 29.6 Å². The summed E-state index contributed by atoms with van der Waals surface area (Å²) in [6, 6.07) is 12.9. The highest BCUT2D eigenvalue weighted by atomic mass is 35.5. The summed E-state index contributed by atoms with van der Waals surface area (Å²) >= 11 is 5.84. The summed E-state index contributed by atoms with van der Waals surface area (Å²) in [6.07, 6.45) is 1.57. The first-order chi connectivity index (χ1) is 15.5. The second-order valence-corrected chi connectivity index (χ2v) is 8.13. The molecule has 4 rings (SSSR count). The number of nitrogens with zero attached hydrogens (tertiary/aromatic N) is 3. The van der Waals surface area contributed by atoms with Gasteiger partial charge in [-0.25, -0.2) is 4.39 Å². The van der Waals surface area contributed by atoms with E-state index in [2.05, 4.69) is 15.5 Å². The molecular weight excluding hydrogens is 435 g/mol. The first kappa shape index (κ1) is 22.0. The SMILES string of the molecule is O=C(Cc1ccc(Cl)cc1)NCC(=O)N1CCC(c2nc(-c3ccc(F)cc3)no2)CC1. The van der Waals surface area contributed by atoms with Gasteiger partial charge in [-0.1, -0.05) is 28.9 Å². The van der Waals surface area contributed by atoms with Crippen LogP contribution in [0.5, 0.6) is 0 Å². The second-order valence-electron chi connectivity index (χ2n) is 7.70. The Morgan fingerprint density at radius 2 is 1.78 bits per heavy atom. The van der Waals surface area contributed by atoms with Gasteiger partial charge in [0.05, 0.1) is 13.0 Å². The predicted octanol–water partition coefficient (Wildman–Crippen LogP) is 3.59. The van der Waals surface area contributed by atoms with E-state index in [4.69, 9.17) is 16.1 Å². The minimum Gasteiger partial charge on any atom is -0.347 e. The number of aromatic nitrogens is 2. The number of carbonyl (C=O) groups excluding carboxylic acids is 2. The Balaban J connectivity index is 1.23. The lowest BCUT2D eigenvalue weighted by atomic mass is 9.96. The molecular formula is C23H22ClFN4O3. The molecule has 0 unspecified atom stereocenters. The zero-order valence-corrected chi connectivity index (χ0v) is 18.0. The lowest BCUT2D eigenvalue weighted by Crippen LogP contribution is -2.44. The van der Waals surface area contributed by atoms with Gasteiger partial charge in [0.2, 0.25) is 23.5 Å². The van der Waals surface area contributed by atoms with Crippen molar-refractivity contribution in [2.24, 2.45) is 0 Å². The number of likely N-dealkylation sites (tertiary alicyclic amines) is 1. The van der Waals surface area contributed by atoms with E-state index in [1.54, 1.807) is 41.3 Å². The average molecular weight is 457 g/mol. The van der Waals surface area contributed by atoms with Gasteiger partial charge in [-0.05, 0) is 54.8 Å². The van der Waals surface area contributed by atoms with Crippen LogP contribution in [0.1, 0.15) is 30.2 Å². The van der Waals surface area contributed by atoms with Crippen molar-refractivity contribution in [2.75, 3.05) is 19.6 Å². The third-order valence-electron chi connectivity index (χ3n) is 5.46. The molecule has 0 saturated carbocycles.